The van der Waals surface area contributed by atoms with E-state index in [9.17, 15) is 13.2 Å². The van der Waals surface area contributed by atoms with E-state index >= 15 is 0 Å². The standard InChI is InChI=1S/C22H28N4O7S/c1-3-26(11-12-27)34(29,30)19-7-4-16(5-8-19)21(25-33-18-10-13-32-15-18)22(28)24-20-9-6-17(31-2)14-23-20/h4-9,14,18,27H,3,10-13,15H2,1-2H3,(H,23,24,28)/t18-/m1/s1. The van der Waals surface area contributed by atoms with Gasteiger partial charge in [-0.15, -0.1) is 0 Å². The topological polar surface area (TPSA) is 140 Å². The molecule has 1 aromatic heterocycles. The molecular formula is C22H28N4O7S. The molecule has 2 N–H and O–H groups in total. The number of likely N-dealkylation sites (N-methyl/N-ethyl adjacent to an activating group) is 1. The second-order valence-electron chi connectivity index (χ2n) is 7.31. The number of hydrogen-bond donors (Lipinski definition) is 2. The molecule has 0 radical (unpaired) electrons. The van der Waals surface area contributed by atoms with Gasteiger partial charge in [-0.25, -0.2) is 13.4 Å². The molecule has 1 aliphatic rings. The van der Waals surface area contributed by atoms with Crippen LogP contribution in [0.3, 0.4) is 0 Å². The molecule has 1 fully saturated rings. The van der Waals surface area contributed by atoms with Gasteiger partial charge in [-0.1, -0.05) is 24.2 Å². The number of carbonyl (C=O) groups excluding carboxylic acids is 1. The van der Waals surface area contributed by atoms with Crippen molar-refractivity contribution in [2.24, 2.45) is 5.16 Å². The Balaban J connectivity index is 1.86. The van der Waals surface area contributed by atoms with E-state index in [1.807, 2.05) is 0 Å². The highest BCUT2D eigenvalue weighted by molar-refractivity contribution is 7.89. The Morgan fingerprint density at radius 1 is 1.29 bits per heavy atom. The van der Waals surface area contributed by atoms with E-state index in [1.54, 1.807) is 19.1 Å². The maximum atomic E-state index is 13.0. The quantitative estimate of drug-likeness (QED) is 0.353. The predicted octanol–water partition coefficient (Wildman–Crippen LogP) is 1.24. The van der Waals surface area contributed by atoms with Crippen molar-refractivity contribution >= 4 is 27.5 Å². The van der Waals surface area contributed by atoms with Gasteiger partial charge < -0.3 is 24.7 Å². The maximum Gasteiger partial charge on any atom is 0.279 e. The summed E-state index contributed by atoms with van der Waals surface area (Å²) in [6, 6.07) is 8.96. The molecule has 12 heteroatoms. The molecule has 0 aliphatic carbocycles. The first kappa shape index (κ1) is 25.6. The number of aromatic nitrogens is 1. The molecule has 1 aliphatic heterocycles. The molecule has 1 saturated heterocycles. The van der Waals surface area contributed by atoms with Gasteiger partial charge >= 0.3 is 0 Å². The number of carbonyl (C=O) groups is 1. The van der Waals surface area contributed by atoms with Gasteiger partial charge in [0.25, 0.3) is 5.91 Å². The van der Waals surface area contributed by atoms with Crippen molar-refractivity contribution in [1.29, 1.82) is 0 Å². The molecule has 1 aromatic carbocycles. The van der Waals surface area contributed by atoms with E-state index in [0.29, 0.717) is 30.9 Å². The van der Waals surface area contributed by atoms with Crippen LogP contribution in [0.2, 0.25) is 0 Å². The Hall–Kier alpha value is -3.06. The lowest BCUT2D eigenvalue weighted by Crippen LogP contribution is -2.33. The summed E-state index contributed by atoms with van der Waals surface area (Å²) in [5.74, 6) is 0.239. The Bertz CT molecular complexity index is 1080. The number of nitrogens with zero attached hydrogens (tertiary/aromatic N) is 3. The number of anilines is 1. The summed E-state index contributed by atoms with van der Waals surface area (Å²) in [5, 5.41) is 15.9. The van der Waals surface area contributed by atoms with Crippen LogP contribution in [-0.2, 0) is 24.4 Å². The van der Waals surface area contributed by atoms with Crippen LogP contribution < -0.4 is 10.1 Å². The molecule has 0 bridgehead atoms. The van der Waals surface area contributed by atoms with Crippen LogP contribution in [0.1, 0.15) is 18.9 Å². The average molecular weight is 493 g/mol. The first-order chi connectivity index (χ1) is 16.4. The zero-order chi connectivity index (χ0) is 24.6. The molecule has 1 atom stereocenters. The minimum absolute atomic E-state index is 0.0120. The summed E-state index contributed by atoms with van der Waals surface area (Å²) < 4.78 is 37.1. The summed E-state index contributed by atoms with van der Waals surface area (Å²) in [5.41, 5.74) is 0.310. The van der Waals surface area contributed by atoms with E-state index in [4.69, 9.17) is 19.4 Å². The van der Waals surface area contributed by atoms with Gasteiger partial charge in [0.2, 0.25) is 10.0 Å². The summed E-state index contributed by atoms with van der Waals surface area (Å²) in [6.45, 7) is 2.52. The maximum absolute atomic E-state index is 13.0. The van der Waals surface area contributed by atoms with Gasteiger partial charge in [0.1, 0.15) is 11.6 Å². The van der Waals surface area contributed by atoms with E-state index < -0.39 is 15.9 Å². The van der Waals surface area contributed by atoms with Crippen molar-refractivity contribution in [3.8, 4) is 5.75 Å². The third kappa shape index (κ3) is 6.29. The van der Waals surface area contributed by atoms with E-state index in [0.717, 1.165) is 0 Å². The summed E-state index contributed by atoms with van der Waals surface area (Å²) in [6.07, 6.45) is 1.83. The highest BCUT2D eigenvalue weighted by Crippen LogP contribution is 2.18. The molecule has 2 heterocycles. The van der Waals surface area contributed by atoms with Crippen LogP contribution in [0.25, 0.3) is 0 Å². The molecule has 11 nitrogen and oxygen atoms in total. The van der Waals surface area contributed by atoms with Gasteiger partial charge in [0.05, 0.1) is 38.0 Å². The number of hydrogen-bond acceptors (Lipinski definition) is 9. The largest absolute Gasteiger partial charge is 0.495 e. The lowest BCUT2D eigenvalue weighted by molar-refractivity contribution is -0.110. The molecule has 184 valence electrons. The molecule has 34 heavy (non-hydrogen) atoms. The van der Waals surface area contributed by atoms with Crippen LogP contribution in [0.5, 0.6) is 5.75 Å². The number of oxime groups is 1. The SMILES string of the molecule is CCN(CCO)S(=O)(=O)c1ccc(C(=NO[C@@H]2CCOC2)C(=O)Nc2ccc(OC)cn2)cc1. The number of aliphatic hydroxyl groups is 1. The van der Waals surface area contributed by atoms with Crippen molar-refractivity contribution in [2.75, 3.05) is 45.3 Å². The zero-order valence-electron chi connectivity index (χ0n) is 19.0. The van der Waals surface area contributed by atoms with Gasteiger partial charge in [-0.2, -0.15) is 4.31 Å². The molecule has 3 rings (SSSR count). The molecular weight excluding hydrogens is 464 g/mol. The summed E-state index contributed by atoms with van der Waals surface area (Å²) >= 11 is 0. The fraction of sp³-hybridized carbons (Fsp3) is 0.409. The van der Waals surface area contributed by atoms with E-state index in [1.165, 1.54) is 41.9 Å². The monoisotopic (exact) mass is 492 g/mol. The Morgan fingerprint density at radius 2 is 2.06 bits per heavy atom. The summed E-state index contributed by atoms with van der Waals surface area (Å²) in [7, 11) is -2.28. The Morgan fingerprint density at radius 3 is 2.62 bits per heavy atom. The lowest BCUT2D eigenvalue weighted by atomic mass is 10.1. The smallest absolute Gasteiger partial charge is 0.279 e. The third-order valence-corrected chi connectivity index (χ3v) is 7.07. The Kier molecular flexibility index (Phi) is 8.93. The van der Waals surface area contributed by atoms with Crippen LogP contribution in [0, 0.1) is 0 Å². The predicted molar refractivity (Wildman–Crippen MR) is 124 cm³/mol. The second kappa shape index (κ2) is 11.9. The fourth-order valence-electron chi connectivity index (χ4n) is 3.19. The Labute approximate surface area is 198 Å². The fourth-order valence-corrected chi connectivity index (χ4v) is 4.63. The average Bonchev–Trinajstić information content (AvgIpc) is 3.37. The molecule has 1 amide bonds. The minimum Gasteiger partial charge on any atom is -0.495 e. The highest BCUT2D eigenvalue weighted by atomic mass is 32.2. The van der Waals surface area contributed by atoms with Crippen molar-refractivity contribution in [3.05, 3.63) is 48.2 Å². The number of pyridine rings is 1. The number of nitrogens with one attached hydrogen (secondary N) is 1. The van der Waals surface area contributed by atoms with Gasteiger partial charge in [0.15, 0.2) is 11.8 Å². The van der Waals surface area contributed by atoms with Gasteiger partial charge in [0, 0.05) is 25.1 Å². The van der Waals surface area contributed by atoms with Crippen molar-refractivity contribution in [1.82, 2.24) is 9.29 Å². The zero-order valence-corrected chi connectivity index (χ0v) is 19.8. The van der Waals surface area contributed by atoms with Gasteiger partial charge in [-0.05, 0) is 24.3 Å². The third-order valence-electron chi connectivity index (χ3n) is 5.08. The molecule has 2 aromatic rings. The number of methoxy groups -OCH3 is 1. The number of aliphatic hydroxyl groups excluding tert-OH is 1. The normalized spacial score (nSPS) is 16.5. The molecule has 0 saturated carbocycles. The second-order valence-corrected chi connectivity index (χ2v) is 9.25. The number of amides is 1. The minimum atomic E-state index is -3.79. The van der Waals surface area contributed by atoms with Crippen LogP contribution in [0.4, 0.5) is 5.82 Å². The lowest BCUT2D eigenvalue weighted by Gasteiger charge is -2.19. The first-order valence-electron chi connectivity index (χ1n) is 10.7. The van der Waals surface area contributed by atoms with E-state index in [-0.39, 0.29) is 42.2 Å². The van der Waals surface area contributed by atoms with Crippen LogP contribution >= 0.6 is 0 Å². The van der Waals surface area contributed by atoms with E-state index in [2.05, 4.69) is 15.5 Å². The number of rotatable bonds is 11. The highest BCUT2D eigenvalue weighted by Gasteiger charge is 2.24. The number of benzene rings is 1. The molecule has 0 spiro atoms. The first-order valence-corrected chi connectivity index (χ1v) is 12.2. The molecule has 0 unspecified atom stereocenters. The van der Waals surface area contributed by atoms with Crippen molar-refractivity contribution in [2.45, 2.75) is 24.3 Å². The van der Waals surface area contributed by atoms with Crippen molar-refractivity contribution < 1.29 is 32.6 Å². The number of sulfonamides is 1. The van der Waals surface area contributed by atoms with Gasteiger partial charge in [-0.3, -0.25) is 4.79 Å². The summed E-state index contributed by atoms with van der Waals surface area (Å²) in [4.78, 5) is 22.7. The van der Waals surface area contributed by atoms with Crippen molar-refractivity contribution in [3.63, 3.8) is 0 Å². The van der Waals surface area contributed by atoms with Crippen LogP contribution in [0.15, 0.2) is 52.6 Å². The van der Waals surface area contributed by atoms with Crippen LogP contribution in [-0.4, -0.2) is 80.6 Å². The number of ether oxygens (including phenoxy) is 2.